The standard InChI is InChI=1S/C32H40N6O2/c33-30-29-28(24-9-11-27(12-10-24)40-26-7-3-1-4-8-26)21-38(31(29)36-23-35-30)25-13-15-32(39,16-14-25)22-34-17-20-37-18-5-2-6-19-37/h1,3-4,7-12,21,23,25,34,39H,2,5-6,13-20,22H2,(H2,33,35,36). The van der Waals surface area contributed by atoms with Gasteiger partial charge in [-0.25, -0.2) is 9.97 Å². The monoisotopic (exact) mass is 540 g/mol. The third kappa shape index (κ3) is 5.99. The van der Waals surface area contributed by atoms with Crippen LogP contribution in [0.1, 0.15) is 51.0 Å². The van der Waals surface area contributed by atoms with Crippen molar-refractivity contribution in [2.75, 3.05) is 38.5 Å². The Morgan fingerprint density at radius 3 is 2.42 bits per heavy atom. The fourth-order valence-corrected chi connectivity index (χ4v) is 6.27. The Morgan fingerprint density at radius 2 is 1.68 bits per heavy atom. The molecule has 1 aliphatic heterocycles. The van der Waals surface area contributed by atoms with Crippen molar-refractivity contribution in [2.45, 2.75) is 56.6 Å². The van der Waals surface area contributed by atoms with Crippen LogP contribution in [0.4, 0.5) is 5.82 Å². The number of anilines is 1. The first-order valence-corrected chi connectivity index (χ1v) is 14.7. The number of nitrogens with two attached hydrogens (primary N) is 1. The number of hydrogen-bond acceptors (Lipinski definition) is 7. The van der Waals surface area contributed by atoms with Crippen molar-refractivity contribution in [3.63, 3.8) is 0 Å². The van der Waals surface area contributed by atoms with Gasteiger partial charge in [0, 0.05) is 37.4 Å². The first-order chi connectivity index (χ1) is 19.6. The van der Waals surface area contributed by atoms with E-state index in [0.717, 1.165) is 72.4 Å². The summed E-state index contributed by atoms with van der Waals surface area (Å²) >= 11 is 0. The Balaban J connectivity index is 1.13. The summed E-state index contributed by atoms with van der Waals surface area (Å²) in [6.07, 6.45) is 11.0. The molecule has 40 heavy (non-hydrogen) atoms. The van der Waals surface area contributed by atoms with E-state index in [0.29, 0.717) is 12.4 Å². The van der Waals surface area contributed by atoms with Crippen molar-refractivity contribution in [2.24, 2.45) is 0 Å². The Labute approximate surface area is 236 Å². The van der Waals surface area contributed by atoms with Gasteiger partial charge in [0.25, 0.3) is 0 Å². The molecule has 2 aromatic heterocycles. The fraction of sp³-hybridized carbons (Fsp3) is 0.438. The summed E-state index contributed by atoms with van der Waals surface area (Å²) in [6.45, 7) is 5.07. The molecule has 0 bridgehead atoms. The lowest BCUT2D eigenvalue weighted by Gasteiger charge is -2.37. The van der Waals surface area contributed by atoms with Gasteiger partial charge in [-0.1, -0.05) is 36.8 Å². The van der Waals surface area contributed by atoms with Crippen LogP contribution in [-0.2, 0) is 0 Å². The number of benzene rings is 2. The lowest BCUT2D eigenvalue weighted by atomic mass is 9.82. The normalized spacial score (nSPS) is 22.0. The number of nitrogens with one attached hydrogen (secondary N) is 1. The predicted octanol–water partition coefficient (Wildman–Crippen LogP) is 5.39. The molecule has 0 unspecified atom stereocenters. The third-order valence-corrected chi connectivity index (χ3v) is 8.57. The van der Waals surface area contributed by atoms with E-state index in [-0.39, 0.29) is 6.04 Å². The second-order valence-corrected chi connectivity index (χ2v) is 11.4. The molecule has 2 aliphatic rings. The minimum Gasteiger partial charge on any atom is -0.457 e. The first kappa shape index (κ1) is 26.7. The number of fused-ring (bicyclic) bond motifs is 1. The van der Waals surface area contributed by atoms with E-state index in [1.54, 1.807) is 6.33 Å². The van der Waals surface area contributed by atoms with Gasteiger partial charge in [-0.05, 0) is 81.4 Å². The quantitative estimate of drug-likeness (QED) is 0.245. The number of likely N-dealkylation sites (tertiary alicyclic amines) is 1. The van der Waals surface area contributed by atoms with Gasteiger partial charge in [0.15, 0.2) is 0 Å². The largest absolute Gasteiger partial charge is 0.457 e. The van der Waals surface area contributed by atoms with Crippen molar-refractivity contribution in [1.82, 2.24) is 24.8 Å². The van der Waals surface area contributed by atoms with E-state index in [2.05, 4.69) is 43.1 Å². The number of nitrogen functional groups attached to an aromatic ring is 1. The van der Waals surface area contributed by atoms with Gasteiger partial charge in [-0.3, -0.25) is 0 Å². The number of aliphatic hydroxyl groups is 1. The van der Waals surface area contributed by atoms with E-state index in [1.807, 2.05) is 42.5 Å². The summed E-state index contributed by atoms with van der Waals surface area (Å²) in [7, 11) is 0. The molecule has 8 nitrogen and oxygen atoms in total. The zero-order valence-corrected chi connectivity index (χ0v) is 23.1. The minimum atomic E-state index is -0.660. The summed E-state index contributed by atoms with van der Waals surface area (Å²) in [4.78, 5) is 11.5. The van der Waals surface area contributed by atoms with Crippen LogP contribution in [0, 0.1) is 0 Å². The van der Waals surface area contributed by atoms with Crippen molar-refractivity contribution >= 4 is 16.9 Å². The fourth-order valence-electron chi connectivity index (χ4n) is 6.27. The maximum atomic E-state index is 11.3. The Kier molecular flexibility index (Phi) is 8.00. The van der Waals surface area contributed by atoms with Gasteiger partial charge >= 0.3 is 0 Å². The number of ether oxygens (including phenoxy) is 1. The Bertz CT molecular complexity index is 1390. The second-order valence-electron chi connectivity index (χ2n) is 11.4. The highest BCUT2D eigenvalue weighted by molar-refractivity contribution is 6.00. The van der Waals surface area contributed by atoms with Crippen molar-refractivity contribution in [3.8, 4) is 22.6 Å². The number of hydrogen-bond donors (Lipinski definition) is 3. The summed E-state index contributed by atoms with van der Waals surface area (Å²) in [5.41, 5.74) is 8.63. The predicted molar refractivity (Wildman–Crippen MR) is 160 cm³/mol. The maximum absolute atomic E-state index is 11.3. The lowest BCUT2D eigenvalue weighted by Crippen LogP contribution is -2.46. The molecule has 0 spiro atoms. The van der Waals surface area contributed by atoms with Gasteiger partial charge in [-0.2, -0.15) is 0 Å². The summed E-state index contributed by atoms with van der Waals surface area (Å²) in [5, 5.41) is 15.7. The average molecular weight is 541 g/mol. The molecule has 1 saturated heterocycles. The number of aromatic nitrogens is 3. The number of para-hydroxylation sites is 1. The molecular weight excluding hydrogens is 500 g/mol. The number of piperidine rings is 1. The van der Waals surface area contributed by atoms with Crippen LogP contribution in [0.3, 0.4) is 0 Å². The zero-order valence-electron chi connectivity index (χ0n) is 23.1. The molecule has 1 saturated carbocycles. The molecule has 3 heterocycles. The molecule has 8 heteroatoms. The van der Waals surface area contributed by atoms with Crippen LogP contribution in [-0.4, -0.2) is 62.9 Å². The summed E-state index contributed by atoms with van der Waals surface area (Å²) in [5.74, 6) is 2.06. The molecule has 4 aromatic rings. The molecule has 0 atom stereocenters. The molecule has 210 valence electrons. The molecule has 2 aromatic carbocycles. The molecule has 2 fully saturated rings. The van der Waals surface area contributed by atoms with Crippen molar-refractivity contribution in [3.05, 3.63) is 67.1 Å². The van der Waals surface area contributed by atoms with Crippen LogP contribution in [0.15, 0.2) is 67.1 Å². The SMILES string of the molecule is Nc1ncnc2c1c(-c1ccc(Oc3ccccc3)cc1)cn2C1CCC(O)(CNCCN2CCCCC2)CC1. The van der Waals surface area contributed by atoms with Gasteiger partial charge in [0.2, 0.25) is 0 Å². The van der Waals surface area contributed by atoms with Crippen LogP contribution >= 0.6 is 0 Å². The number of nitrogens with zero attached hydrogens (tertiary/aromatic N) is 4. The van der Waals surface area contributed by atoms with Gasteiger partial charge in [0.1, 0.15) is 29.3 Å². The number of rotatable bonds is 9. The van der Waals surface area contributed by atoms with Crippen LogP contribution in [0.25, 0.3) is 22.2 Å². The van der Waals surface area contributed by atoms with Crippen molar-refractivity contribution < 1.29 is 9.84 Å². The average Bonchev–Trinajstić information content (AvgIpc) is 3.38. The Hall–Kier alpha value is -3.46. The van der Waals surface area contributed by atoms with E-state index in [4.69, 9.17) is 10.5 Å². The van der Waals surface area contributed by atoms with E-state index in [1.165, 1.54) is 32.4 Å². The van der Waals surface area contributed by atoms with Crippen molar-refractivity contribution in [1.29, 1.82) is 0 Å². The van der Waals surface area contributed by atoms with Gasteiger partial charge < -0.3 is 30.4 Å². The lowest BCUT2D eigenvalue weighted by molar-refractivity contribution is -0.00629. The summed E-state index contributed by atoms with van der Waals surface area (Å²) < 4.78 is 8.23. The van der Waals surface area contributed by atoms with E-state index >= 15 is 0 Å². The molecule has 1 aliphatic carbocycles. The molecule has 6 rings (SSSR count). The molecule has 0 amide bonds. The highest BCUT2D eigenvalue weighted by Gasteiger charge is 2.34. The molecule has 0 radical (unpaired) electrons. The molecular formula is C32H40N6O2. The molecule has 4 N–H and O–H groups in total. The highest BCUT2D eigenvalue weighted by Crippen LogP contribution is 2.40. The van der Waals surface area contributed by atoms with Crippen LogP contribution in [0.2, 0.25) is 0 Å². The van der Waals surface area contributed by atoms with Crippen LogP contribution in [0.5, 0.6) is 11.5 Å². The summed E-state index contributed by atoms with van der Waals surface area (Å²) in [6, 6.07) is 18.1. The van der Waals surface area contributed by atoms with Gasteiger partial charge in [0.05, 0.1) is 11.0 Å². The minimum absolute atomic E-state index is 0.250. The smallest absolute Gasteiger partial charge is 0.146 e. The van der Waals surface area contributed by atoms with Gasteiger partial charge in [-0.15, -0.1) is 0 Å². The highest BCUT2D eigenvalue weighted by atomic mass is 16.5. The van der Waals surface area contributed by atoms with E-state index < -0.39 is 5.60 Å². The topological polar surface area (TPSA) is 101 Å². The zero-order chi connectivity index (χ0) is 27.4. The maximum Gasteiger partial charge on any atom is 0.146 e. The second kappa shape index (κ2) is 12.0. The van der Waals surface area contributed by atoms with E-state index in [9.17, 15) is 5.11 Å². The first-order valence-electron chi connectivity index (χ1n) is 14.7. The Morgan fingerprint density at radius 1 is 0.950 bits per heavy atom. The van der Waals surface area contributed by atoms with Crippen LogP contribution < -0.4 is 15.8 Å². The third-order valence-electron chi connectivity index (χ3n) is 8.57.